The topological polar surface area (TPSA) is 48.6 Å². The van der Waals surface area contributed by atoms with Gasteiger partial charge in [0.05, 0.1) is 6.42 Å². The molecule has 1 amide bonds. The molecule has 0 atom stereocenters. The van der Waals surface area contributed by atoms with Gasteiger partial charge < -0.3 is 14.6 Å². The van der Waals surface area contributed by atoms with Crippen LogP contribution in [0.15, 0.2) is 54.7 Å². The number of carbonyl (C=O) groups excluding carboxylic acids is 1. The first-order valence-electron chi connectivity index (χ1n) is 11.7. The van der Waals surface area contributed by atoms with Crippen molar-refractivity contribution in [2.45, 2.75) is 44.2 Å². The van der Waals surface area contributed by atoms with Crippen molar-refractivity contribution in [1.29, 1.82) is 0 Å². The maximum absolute atomic E-state index is 13.8. The van der Waals surface area contributed by atoms with E-state index < -0.39 is 0 Å². The Hall–Kier alpha value is -2.86. The average Bonchev–Trinajstić information content (AvgIpc) is 3.24. The molecular weight excluding hydrogens is 405 g/mol. The van der Waals surface area contributed by atoms with Crippen molar-refractivity contribution in [2.24, 2.45) is 0 Å². The van der Waals surface area contributed by atoms with E-state index in [1.165, 1.54) is 6.07 Å². The summed E-state index contributed by atoms with van der Waals surface area (Å²) in [6.07, 6.45) is 6.33. The van der Waals surface area contributed by atoms with E-state index in [-0.39, 0.29) is 17.8 Å². The molecule has 0 unspecified atom stereocenters. The number of nitrogens with zero attached hydrogens (tertiary/aromatic N) is 2. The largest absolute Gasteiger partial charge is 0.487 e. The second-order valence-corrected chi connectivity index (χ2v) is 8.93. The summed E-state index contributed by atoms with van der Waals surface area (Å²) in [7, 11) is 0. The average molecular weight is 436 g/mol. The smallest absolute Gasteiger partial charge is 0.227 e. The SMILES string of the molecule is O=C(Cc1c[nH]c2ccccc12)N1CCC(N2CCC(Oc3ccccc3F)CC2)CC1. The Kier molecular flexibility index (Phi) is 6.12. The van der Waals surface area contributed by atoms with Gasteiger partial charge in [-0.3, -0.25) is 9.69 Å². The normalized spacial score (nSPS) is 18.8. The summed E-state index contributed by atoms with van der Waals surface area (Å²) in [6, 6.07) is 15.3. The number of hydrogen-bond donors (Lipinski definition) is 1. The minimum Gasteiger partial charge on any atom is -0.487 e. The van der Waals surface area contributed by atoms with E-state index >= 15 is 0 Å². The van der Waals surface area contributed by atoms with E-state index in [4.69, 9.17) is 4.74 Å². The van der Waals surface area contributed by atoms with E-state index in [1.807, 2.05) is 29.3 Å². The molecule has 0 spiro atoms. The highest BCUT2D eigenvalue weighted by Crippen LogP contribution is 2.26. The summed E-state index contributed by atoms with van der Waals surface area (Å²) in [5.74, 6) is 0.276. The number of rotatable bonds is 5. The van der Waals surface area contributed by atoms with Crippen molar-refractivity contribution >= 4 is 16.8 Å². The number of carbonyl (C=O) groups is 1. The molecular formula is C26H30FN3O2. The Balaban J connectivity index is 1.09. The number of fused-ring (bicyclic) bond motifs is 1. The van der Waals surface area contributed by atoms with Crippen molar-refractivity contribution in [3.63, 3.8) is 0 Å². The molecule has 1 N–H and O–H groups in total. The number of H-pyrrole nitrogens is 1. The van der Waals surface area contributed by atoms with Gasteiger partial charge in [-0.25, -0.2) is 4.39 Å². The first kappa shape index (κ1) is 21.0. The minimum absolute atomic E-state index is 0.0704. The Bertz CT molecular complexity index is 1070. The maximum Gasteiger partial charge on any atom is 0.227 e. The van der Waals surface area contributed by atoms with Crippen molar-refractivity contribution in [3.05, 3.63) is 66.1 Å². The monoisotopic (exact) mass is 435 g/mol. The highest BCUT2D eigenvalue weighted by molar-refractivity contribution is 5.88. The lowest BCUT2D eigenvalue weighted by atomic mass is 9.98. The molecule has 0 aliphatic carbocycles. The predicted octanol–water partition coefficient (Wildman–Crippen LogP) is 4.38. The zero-order valence-electron chi connectivity index (χ0n) is 18.3. The van der Waals surface area contributed by atoms with Gasteiger partial charge in [0, 0.05) is 49.3 Å². The van der Waals surface area contributed by atoms with Gasteiger partial charge in [-0.2, -0.15) is 0 Å². The number of halogens is 1. The maximum atomic E-state index is 13.8. The van der Waals surface area contributed by atoms with Crippen molar-refractivity contribution in [1.82, 2.24) is 14.8 Å². The zero-order valence-corrected chi connectivity index (χ0v) is 18.3. The molecule has 5 nitrogen and oxygen atoms in total. The molecule has 1 aromatic heterocycles. The van der Waals surface area contributed by atoms with E-state index in [1.54, 1.807) is 18.2 Å². The van der Waals surface area contributed by atoms with Gasteiger partial charge in [-0.1, -0.05) is 30.3 Å². The van der Waals surface area contributed by atoms with Crippen molar-refractivity contribution < 1.29 is 13.9 Å². The third-order valence-electron chi connectivity index (χ3n) is 6.96. The predicted molar refractivity (Wildman–Crippen MR) is 123 cm³/mol. The molecule has 5 rings (SSSR count). The van der Waals surface area contributed by atoms with Crippen LogP contribution >= 0.6 is 0 Å². The minimum atomic E-state index is -0.292. The Labute approximate surface area is 188 Å². The lowest BCUT2D eigenvalue weighted by Crippen LogP contribution is -2.50. The third-order valence-corrected chi connectivity index (χ3v) is 6.96. The van der Waals surface area contributed by atoms with Gasteiger partial charge in [0.2, 0.25) is 5.91 Å². The number of hydrogen-bond acceptors (Lipinski definition) is 3. The zero-order chi connectivity index (χ0) is 21.9. The fourth-order valence-electron chi connectivity index (χ4n) is 5.11. The van der Waals surface area contributed by atoms with Gasteiger partial charge in [0.1, 0.15) is 6.10 Å². The first-order chi connectivity index (χ1) is 15.7. The molecule has 2 fully saturated rings. The van der Waals surface area contributed by atoms with Crippen LogP contribution in [0.5, 0.6) is 5.75 Å². The van der Waals surface area contributed by atoms with Crippen LogP contribution in [0.2, 0.25) is 0 Å². The van der Waals surface area contributed by atoms with Gasteiger partial charge in [-0.15, -0.1) is 0 Å². The molecule has 0 bridgehead atoms. The number of piperidine rings is 2. The molecule has 32 heavy (non-hydrogen) atoms. The van der Waals surface area contributed by atoms with Gasteiger partial charge >= 0.3 is 0 Å². The molecule has 3 aromatic rings. The highest BCUT2D eigenvalue weighted by atomic mass is 19.1. The number of ether oxygens (including phenoxy) is 1. The molecule has 2 aliphatic heterocycles. The number of para-hydroxylation sites is 2. The van der Waals surface area contributed by atoms with Crippen LogP contribution in [0.1, 0.15) is 31.2 Å². The Morgan fingerprint density at radius 1 is 0.969 bits per heavy atom. The molecule has 0 saturated carbocycles. The number of aromatic amines is 1. The van der Waals surface area contributed by atoms with Crippen molar-refractivity contribution in [2.75, 3.05) is 26.2 Å². The summed E-state index contributed by atoms with van der Waals surface area (Å²) >= 11 is 0. The highest BCUT2D eigenvalue weighted by Gasteiger charge is 2.30. The fourth-order valence-corrected chi connectivity index (χ4v) is 5.11. The first-order valence-corrected chi connectivity index (χ1v) is 11.7. The van der Waals surface area contributed by atoms with E-state index in [2.05, 4.69) is 16.0 Å². The molecule has 2 saturated heterocycles. The number of likely N-dealkylation sites (tertiary alicyclic amines) is 2. The van der Waals surface area contributed by atoms with Crippen LogP contribution < -0.4 is 4.74 Å². The Morgan fingerprint density at radius 3 is 2.47 bits per heavy atom. The summed E-state index contributed by atoms with van der Waals surface area (Å²) in [6.45, 7) is 3.56. The third kappa shape index (κ3) is 4.51. The lowest BCUT2D eigenvalue weighted by molar-refractivity contribution is -0.132. The molecule has 2 aromatic carbocycles. The summed E-state index contributed by atoms with van der Waals surface area (Å²) in [5, 5.41) is 1.14. The number of benzene rings is 2. The van der Waals surface area contributed by atoms with E-state index in [0.29, 0.717) is 18.2 Å². The molecule has 3 heterocycles. The molecule has 2 aliphatic rings. The second kappa shape index (κ2) is 9.33. The summed E-state index contributed by atoms with van der Waals surface area (Å²) in [5.41, 5.74) is 2.15. The lowest BCUT2D eigenvalue weighted by Gasteiger charge is -2.41. The number of nitrogens with one attached hydrogen (secondary N) is 1. The van der Waals surface area contributed by atoms with Gasteiger partial charge in [-0.05, 0) is 49.4 Å². The standard InChI is InChI=1S/C26H30FN3O2/c27-23-6-2-4-8-25(23)32-21-11-15-29(16-12-21)20-9-13-30(14-10-20)26(31)17-19-18-28-24-7-3-1-5-22(19)24/h1-8,18,20-21,28H,9-17H2. The van der Waals surface area contributed by atoms with E-state index in [0.717, 1.165) is 68.3 Å². The van der Waals surface area contributed by atoms with Crippen molar-refractivity contribution in [3.8, 4) is 5.75 Å². The van der Waals surface area contributed by atoms with Gasteiger partial charge in [0.25, 0.3) is 0 Å². The number of amides is 1. The molecule has 168 valence electrons. The van der Waals surface area contributed by atoms with Crippen LogP contribution in [0.4, 0.5) is 4.39 Å². The quantitative estimate of drug-likeness (QED) is 0.647. The fraction of sp³-hybridized carbons (Fsp3) is 0.423. The van der Waals surface area contributed by atoms with Crippen LogP contribution in [0, 0.1) is 5.82 Å². The van der Waals surface area contributed by atoms with E-state index in [9.17, 15) is 9.18 Å². The second-order valence-electron chi connectivity index (χ2n) is 8.93. The molecule has 0 radical (unpaired) electrons. The van der Waals surface area contributed by atoms with Crippen LogP contribution in [0.3, 0.4) is 0 Å². The van der Waals surface area contributed by atoms with Crippen LogP contribution in [-0.2, 0) is 11.2 Å². The summed E-state index contributed by atoms with van der Waals surface area (Å²) < 4.78 is 19.7. The van der Waals surface area contributed by atoms with Crippen LogP contribution in [0.25, 0.3) is 10.9 Å². The van der Waals surface area contributed by atoms with Crippen LogP contribution in [-0.4, -0.2) is 59.0 Å². The Morgan fingerprint density at radius 2 is 1.69 bits per heavy atom. The van der Waals surface area contributed by atoms with Gasteiger partial charge in [0.15, 0.2) is 11.6 Å². The number of aromatic nitrogens is 1. The summed E-state index contributed by atoms with van der Waals surface area (Å²) in [4.78, 5) is 20.7. The molecule has 6 heteroatoms.